The van der Waals surface area contributed by atoms with Crippen molar-refractivity contribution in [2.75, 3.05) is 13.2 Å². The molecule has 4 nitrogen and oxygen atoms in total. The first-order valence-corrected chi connectivity index (χ1v) is 10.5. The van der Waals surface area contributed by atoms with Crippen molar-refractivity contribution in [1.29, 1.82) is 0 Å². The van der Waals surface area contributed by atoms with Crippen molar-refractivity contribution < 1.29 is 18.7 Å². The maximum Gasteiger partial charge on any atom is 0.167 e. The number of carbonyl (C=O) groups excluding carboxylic acids is 1. The molecule has 0 saturated heterocycles. The number of hydrogen-bond donors (Lipinski definition) is 0. The largest absolute Gasteiger partial charge is 0.490 e. The van der Waals surface area contributed by atoms with E-state index in [0.29, 0.717) is 42.7 Å². The Labute approximate surface area is 164 Å². The molecule has 1 aromatic heterocycles. The fourth-order valence-electron chi connectivity index (χ4n) is 3.31. The lowest BCUT2D eigenvalue weighted by Crippen LogP contribution is -2.36. The minimum atomic E-state index is -0.353. The molecule has 0 N–H and O–H groups in total. The predicted molar refractivity (Wildman–Crippen MR) is 106 cm³/mol. The average molecular weight is 394 g/mol. The molecule has 148 valence electrons. The van der Waals surface area contributed by atoms with E-state index >= 15 is 0 Å². The number of ether oxygens (including phenoxy) is 2. The fourth-order valence-corrected chi connectivity index (χ4v) is 4.29. The molecule has 1 aliphatic carbocycles. The highest BCUT2D eigenvalue weighted by molar-refractivity contribution is 7.18. The third kappa shape index (κ3) is 5.26. The number of thiazole rings is 1. The van der Waals surface area contributed by atoms with Gasteiger partial charge in [-0.15, -0.1) is 11.3 Å². The average Bonchev–Trinajstić information content (AvgIpc) is 2.95. The van der Waals surface area contributed by atoms with E-state index in [2.05, 4.69) is 18.8 Å². The summed E-state index contributed by atoms with van der Waals surface area (Å²) in [6.45, 7) is 8.93. The van der Waals surface area contributed by atoms with Gasteiger partial charge in [-0.05, 0) is 31.6 Å². The van der Waals surface area contributed by atoms with Crippen LogP contribution in [0.2, 0.25) is 0 Å². The van der Waals surface area contributed by atoms with Crippen LogP contribution in [0.25, 0.3) is 10.2 Å². The molecule has 2 aromatic rings. The van der Waals surface area contributed by atoms with Gasteiger partial charge in [0.2, 0.25) is 0 Å². The van der Waals surface area contributed by atoms with Gasteiger partial charge in [0.15, 0.2) is 11.6 Å². The fraction of sp³-hybridized carbons (Fsp3) is 0.619. The monoisotopic (exact) mass is 393 g/mol. The molecule has 1 aliphatic rings. The summed E-state index contributed by atoms with van der Waals surface area (Å²) in [5.74, 6) is 1.13. The van der Waals surface area contributed by atoms with Crippen molar-refractivity contribution in [2.24, 2.45) is 11.8 Å². The van der Waals surface area contributed by atoms with E-state index < -0.39 is 0 Å². The SMILES string of the molecule is CC(=O)C[C@@H](C)COC1CC(COc2cc3sc(C(C)C)nc3cc2F)C1. The number of aromatic nitrogens is 1. The van der Waals surface area contributed by atoms with E-state index in [0.717, 1.165) is 22.5 Å². The molecular formula is C21H28FNO3S. The number of hydrogen-bond acceptors (Lipinski definition) is 5. The minimum Gasteiger partial charge on any atom is -0.490 e. The number of rotatable bonds is 9. The number of ketones is 1. The third-order valence-corrected chi connectivity index (χ3v) is 6.19. The Hall–Kier alpha value is -1.53. The van der Waals surface area contributed by atoms with Crippen molar-refractivity contribution in [3.8, 4) is 5.75 Å². The normalized spacial score (nSPS) is 20.7. The zero-order valence-corrected chi connectivity index (χ0v) is 17.3. The molecule has 0 spiro atoms. The van der Waals surface area contributed by atoms with Crippen LogP contribution in [-0.4, -0.2) is 30.1 Å². The topological polar surface area (TPSA) is 48.4 Å². The molecule has 0 unspecified atom stereocenters. The lowest BCUT2D eigenvalue weighted by Gasteiger charge is -2.35. The van der Waals surface area contributed by atoms with Crippen molar-refractivity contribution in [1.82, 2.24) is 4.98 Å². The Morgan fingerprint density at radius 3 is 2.74 bits per heavy atom. The summed E-state index contributed by atoms with van der Waals surface area (Å²) >= 11 is 1.59. The molecule has 3 rings (SSSR count). The zero-order chi connectivity index (χ0) is 19.6. The van der Waals surface area contributed by atoms with Gasteiger partial charge in [-0.2, -0.15) is 0 Å². The van der Waals surface area contributed by atoms with Crippen LogP contribution in [0.15, 0.2) is 12.1 Å². The van der Waals surface area contributed by atoms with E-state index in [9.17, 15) is 9.18 Å². The van der Waals surface area contributed by atoms with Gasteiger partial charge in [-0.25, -0.2) is 9.37 Å². The van der Waals surface area contributed by atoms with Crippen LogP contribution >= 0.6 is 11.3 Å². The van der Waals surface area contributed by atoms with Gasteiger partial charge in [-0.3, -0.25) is 0 Å². The van der Waals surface area contributed by atoms with Gasteiger partial charge >= 0.3 is 0 Å². The first kappa shape index (κ1) is 20.2. The summed E-state index contributed by atoms with van der Waals surface area (Å²) < 4.78 is 26.8. The van der Waals surface area contributed by atoms with Crippen LogP contribution in [0.1, 0.15) is 57.9 Å². The summed E-state index contributed by atoms with van der Waals surface area (Å²) in [4.78, 5) is 15.6. The Morgan fingerprint density at radius 2 is 2.07 bits per heavy atom. The quantitative estimate of drug-likeness (QED) is 0.576. The Bertz CT molecular complexity index is 798. The van der Waals surface area contributed by atoms with E-state index in [1.165, 1.54) is 6.07 Å². The van der Waals surface area contributed by atoms with E-state index in [4.69, 9.17) is 9.47 Å². The predicted octanol–water partition coefficient (Wildman–Crippen LogP) is 5.35. The lowest BCUT2D eigenvalue weighted by molar-refractivity contribution is -0.119. The van der Waals surface area contributed by atoms with Crippen LogP contribution in [0.3, 0.4) is 0 Å². The molecule has 1 fully saturated rings. The van der Waals surface area contributed by atoms with Gasteiger partial charge < -0.3 is 14.3 Å². The number of benzene rings is 1. The van der Waals surface area contributed by atoms with Crippen molar-refractivity contribution in [3.05, 3.63) is 23.0 Å². The maximum atomic E-state index is 14.3. The Morgan fingerprint density at radius 1 is 1.33 bits per heavy atom. The van der Waals surface area contributed by atoms with Gasteiger partial charge in [0.05, 0.1) is 27.9 Å². The molecular weight excluding hydrogens is 365 g/mol. The number of carbonyl (C=O) groups is 1. The molecule has 1 aromatic carbocycles. The number of Topliss-reactive ketones (excluding diaryl/α,β-unsaturated/α-hetero) is 1. The second-order valence-electron chi connectivity index (χ2n) is 8.07. The number of nitrogens with zero attached hydrogens (tertiary/aromatic N) is 1. The van der Waals surface area contributed by atoms with Crippen molar-refractivity contribution >= 4 is 27.3 Å². The summed E-state index contributed by atoms with van der Waals surface area (Å²) in [6, 6.07) is 3.24. The summed E-state index contributed by atoms with van der Waals surface area (Å²) in [5.41, 5.74) is 0.699. The smallest absolute Gasteiger partial charge is 0.167 e. The Balaban J connectivity index is 1.46. The first-order chi connectivity index (χ1) is 12.8. The van der Waals surface area contributed by atoms with Gasteiger partial charge in [-0.1, -0.05) is 20.8 Å². The first-order valence-electron chi connectivity index (χ1n) is 9.65. The van der Waals surface area contributed by atoms with Crippen LogP contribution in [0.5, 0.6) is 5.75 Å². The molecule has 1 heterocycles. The number of halogens is 1. The number of fused-ring (bicyclic) bond motifs is 1. The maximum absolute atomic E-state index is 14.3. The standard InChI is InChI=1S/C21H28FNO3S/c1-12(2)21-23-18-8-17(22)19(9-20(18)27-21)26-11-15-6-16(7-15)25-10-13(3)5-14(4)24/h8-9,12-13,15-16H,5-7,10-11H2,1-4H3/t13-,15?,16?/m1/s1. The highest BCUT2D eigenvalue weighted by atomic mass is 32.1. The molecule has 0 amide bonds. The van der Waals surface area contributed by atoms with Gasteiger partial charge in [0.1, 0.15) is 5.78 Å². The molecule has 6 heteroatoms. The van der Waals surface area contributed by atoms with E-state index in [-0.39, 0.29) is 23.6 Å². The summed E-state index contributed by atoms with van der Waals surface area (Å²) in [7, 11) is 0. The second-order valence-corrected chi connectivity index (χ2v) is 9.13. The molecule has 0 aliphatic heterocycles. The van der Waals surface area contributed by atoms with E-state index in [1.807, 2.05) is 6.92 Å². The minimum absolute atomic E-state index is 0.200. The van der Waals surface area contributed by atoms with Crippen molar-refractivity contribution in [2.45, 2.75) is 59.0 Å². The van der Waals surface area contributed by atoms with Crippen LogP contribution < -0.4 is 4.74 Å². The van der Waals surface area contributed by atoms with Crippen LogP contribution in [0, 0.1) is 17.7 Å². The van der Waals surface area contributed by atoms with Crippen molar-refractivity contribution in [3.63, 3.8) is 0 Å². The van der Waals surface area contributed by atoms with Gasteiger partial charge in [0.25, 0.3) is 0 Å². The Kier molecular flexibility index (Phi) is 6.48. The summed E-state index contributed by atoms with van der Waals surface area (Å²) in [5, 5.41) is 1.01. The highest BCUT2D eigenvalue weighted by Crippen LogP contribution is 2.34. The highest BCUT2D eigenvalue weighted by Gasteiger charge is 2.31. The zero-order valence-electron chi connectivity index (χ0n) is 16.5. The van der Waals surface area contributed by atoms with Crippen LogP contribution in [-0.2, 0) is 9.53 Å². The molecule has 1 atom stereocenters. The molecule has 1 saturated carbocycles. The molecule has 0 radical (unpaired) electrons. The molecule has 0 bridgehead atoms. The van der Waals surface area contributed by atoms with Gasteiger partial charge in [0, 0.05) is 31.1 Å². The summed E-state index contributed by atoms with van der Waals surface area (Å²) in [6.07, 6.45) is 2.65. The molecule has 27 heavy (non-hydrogen) atoms. The lowest BCUT2D eigenvalue weighted by atomic mass is 9.83. The van der Waals surface area contributed by atoms with Crippen LogP contribution in [0.4, 0.5) is 4.39 Å². The third-order valence-electron chi connectivity index (χ3n) is 4.87. The second kappa shape index (κ2) is 8.65. The van der Waals surface area contributed by atoms with E-state index in [1.54, 1.807) is 24.3 Å².